The lowest BCUT2D eigenvalue weighted by atomic mass is 9.87. The van der Waals surface area contributed by atoms with Crippen molar-refractivity contribution >= 4 is 5.97 Å². The Kier molecular flexibility index (Phi) is 7.06. The first kappa shape index (κ1) is 25.9. The maximum atomic E-state index is 15.1. The van der Waals surface area contributed by atoms with Gasteiger partial charge < -0.3 is 19.3 Å². The number of benzene rings is 3. The first-order valence-electron chi connectivity index (χ1n) is 14.0. The Balaban J connectivity index is 1.34. The summed E-state index contributed by atoms with van der Waals surface area (Å²) in [6.45, 7) is 0. The molecule has 6 heteroatoms. The van der Waals surface area contributed by atoms with Crippen LogP contribution in [0.2, 0.25) is 0 Å². The number of aryl methyl sites for hydroxylation is 1. The third-order valence-corrected chi connectivity index (χ3v) is 8.57. The standard InChI is InChI=1S/C33H35FO5/c1-37-24-11-13-29(34)27(17-24)25-12-9-23(15-28(25)33(38-2)21-6-7-21)30-14-10-20-5-8-22(16-31(20)39-30)26(18-32(35)36)19-3-4-19/h5,8-9,11-13,15-17,19,21,26,30,33H,3-4,6-7,10,14,18H2,1-2H3,(H,35,36). The lowest BCUT2D eigenvalue weighted by Crippen LogP contribution is -2.17. The fourth-order valence-electron chi connectivity index (χ4n) is 6.17. The van der Waals surface area contributed by atoms with Crippen molar-refractivity contribution in [1.82, 2.24) is 0 Å². The van der Waals surface area contributed by atoms with Gasteiger partial charge in [-0.1, -0.05) is 24.3 Å². The Bertz CT molecular complexity index is 1380. The average Bonchev–Trinajstić information content (AvgIpc) is 3.87. The zero-order valence-electron chi connectivity index (χ0n) is 22.5. The molecular weight excluding hydrogens is 495 g/mol. The van der Waals surface area contributed by atoms with Crippen LogP contribution in [-0.4, -0.2) is 25.3 Å². The quantitative estimate of drug-likeness (QED) is 0.292. The van der Waals surface area contributed by atoms with Crippen LogP contribution in [0.1, 0.15) is 78.9 Å². The van der Waals surface area contributed by atoms with E-state index in [9.17, 15) is 9.90 Å². The highest BCUT2D eigenvalue weighted by Crippen LogP contribution is 2.49. The van der Waals surface area contributed by atoms with Gasteiger partial charge in [0.1, 0.15) is 23.4 Å². The molecule has 39 heavy (non-hydrogen) atoms. The van der Waals surface area contributed by atoms with E-state index in [1.165, 1.54) is 6.07 Å². The molecule has 3 aromatic rings. The number of hydrogen-bond acceptors (Lipinski definition) is 4. The molecule has 3 aromatic carbocycles. The van der Waals surface area contributed by atoms with Gasteiger partial charge in [0.05, 0.1) is 19.6 Å². The molecule has 0 bridgehead atoms. The second-order valence-electron chi connectivity index (χ2n) is 11.2. The van der Waals surface area contributed by atoms with Gasteiger partial charge in [-0.2, -0.15) is 0 Å². The molecule has 3 unspecified atom stereocenters. The minimum absolute atomic E-state index is 0.0291. The van der Waals surface area contributed by atoms with E-state index in [2.05, 4.69) is 24.3 Å². The van der Waals surface area contributed by atoms with Gasteiger partial charge in [-0.25, -0.2) is 4.39 Å². The Morgan fingerprint density at radius 1 is 0.974 bits per heavy atom. The Hall–Kier alpha value is -3.38. The number of ether oxygens (including phenoxy) is 3. The molecule has 2 aliphatic carbocycles. The number of hydrogen-bond donors (Lipinski definition) is 1. The van der Waals surface area contributed by atoms with Crippen LogP contribution in [0.15, 0.2) is 54.6 Å². The third kappa shape index (κ3) is 5.40. The van der Waals surface area contributed by atoms with Gasteiger partial charge in [0.15, 0.2) is 0 Å². The topological polar surface area (TPSA) is 65.0 Å². The number of halogens is 1. The summed E-state index contributed by atoms with van der Waals surface area (Å²) in [5, 5.41) is 9.46. The first-order valence-corrected chi connectivity index (χ1v) is 14.0. The minimum Gasteiger partial charge on any atom is -0.497 e. The van der Waals surface area contributed by atoms with Crippen LogP contribution in [0.5, 0.6) is 11.5 Å². The molecule has 2 saturated carbocycles. The molecule has 5 nitrogen and oxygen atoms in total. The smallest absolute Gasteiger partial charge is 0.303 e. The first-order chi connectivity index (χ1) is 18.9. The summed E-state index contributed by atoms with van der Waals surface area (Å²) in [5.41, 5.74) is 5.54. The van der Waals surface area contributed by atoms with Crippen molar-refractivity contribution < 1.29 is 28.5 Å². The molecule has 3 atom stereocenters. The van der Waals surface area contributed by atoms with Crippen molar-refractivity contribution in [3.63, 3.8) is 0 Å². The highest BCUT2D eigenvalue weighted by molar-refractivity contribution is 5.71. The number of carboxylic acid groups (broad SMARTS) is 1. The van der Waals surface area contributed by atoms with E-state index in [0.29, 0.717) is 23.1 Å². The van der Waals surface area contributed by atoms with E-state index in [4.69, 9.17) is 14.2 Å². The average molecular weight is 531 g/mol. The number of aliphatic carboxylic acids is 1. The number of methoxy groups -OCH3 is 2. The monoisotopic (exact) mass is 530 g/mol. The van der Waals surface area contributed by atoms with Crippen molar-refractivity contribution in [3.8, 4) is 22.6 Å². The molecule has 0 aromatic heterocycles. The molecule has 1 heterocycles. The number of carbonyl (C=O) groups is 1. The second-order valence-corrected chi connectivity index (χ2v) is 11.2. The molecular formula is C33H35FO5. The van der Waals surface area contributed by atoms with Gasteiger partial charge >= 0.3 is 5.97 Å². The summed E-state index contributed by atoms with van der Waals surface area (Å²) in [6, 6.07) is 17.2. The van der Waals surface area contributed by atoms with Crippen molar-refractivity contribution in [2.75, 3.05) is 14.2 Å². The largest absolute Gasteiger partial charge is 0.497 e. The number of fused-ring (bicyclic) bond motifs is 1. The number of rotatable bonds is 10. The van der Waals surface area contributed by atoms with Crippen LogP contribution < -0.4 is 9.47 Å². The van der Waals surface area contributed by atoms with E-state index in [1.807, 2.05) is 12.1 Å². The Morgan fingerprint density at radius 2 is 1.77 bits per heavy atom. The van der Waals surface area contributed by atoms with Crippen LogP contribution in [0.4, 0.5) is 4.39 Å². The normalized spacial score (nSPS) is 20.0. The summed E-state index contributed by atoms with van der Waals surface area (Å²) in [7, 11) is 3.31. The van der Waals surface area contributed by atoms with E-state index in [0.717, 1.165) is 72.1 Å². The fraction of sp³-hybridized carbons (Fsp3) is 0.424. The van der Waals surface area contributed by atoms with E-state index >= 15 is 4.39 Å². The Morgan fingerprint density at radius 3 is 2.46 bits per heavy atom. The highest BCUT2D eigenvalue weighted by Gasteiger charge is 2.36. The lowest BCUT2D eigenvalue weighted by Gasteiger charge is -2.29. The summed E-state index contributed by atoms with van der Waals surface area (Å²) in [6.07, 6.45) is 5.96. The summed E-state index contributed by atoms with van der Waals surface area (Å²) in [4.78, 5) is 11.5. The van der Waals surface area contributed by atoms with Gasteiger partial charge in [0.2, 0.25) is 0 Å². The maximum absolute atomic E-state index is 15.1. The van der Waals surface area contributed by atoms with Gasteiger partial charge in [-0.15, -0.1) is 0 Å². The molecule has 1 aliphatic heterocycles. The van der Waals surface area contributed by atoms with Crippen molar-refractivity contribution in [2.24, 2.45) is 11.8 Å². The second kappa shape index (κ2) is 10.6. The molecule has 0 amide bonds. The fourth-order valence-corrected chi connectivity index (χ4v) is 6.17. The molecule has 0 saturated heterocycles. The summed E-state index contributed by atoms with van der Waals surface area (Å²) >= 11 is 0. The van der Waals surface area contributed by atoms with Crippen LogP contribution in [-0.2, 0) is 16.0 Å². The zero-order chi connectivity index (χ0) is 27.1. The number of carboxylic acids is 1. The highest BCUT2D eigenvalue weighted by atomic mass is 19.1. The van der Waals surface area contributed by atoms with E-state index < -0.39 is 5.97 Å². The summed E-state index contributed by atoms with van der Waals surface area (Å²) in [5.74, 6) is 1.29. The third-order valence-electron chi connectivity index (χ3n) is 8.57. The predicted octanol–water partition coefficient (Wildman–Crippen LogP) is 7.63. The summed E-state index contributed by atoms with van der Waals surface area (Å²) < 4.78 is 33.0. The maximum Gasteiger partial charge on any atom is 0.303 e. The van der Waals surface area contributed by atoms with Crippen LogP contribution in [0, 0.1) is 17.7 Å². The van der Waals surface area contributed by atoms with Crippen molar-refractivity contribution in [2.45, 2.75) is 63.1 Å². The van der Waals surface area contributed by atoms with Gasteiger partial charge in [-0.3, -0.25) is 4.79 Å². The van der Waals surface area contributed by atoms with Crippen molar-refractivity contribution in [1.29, 1.82) is 0 Å². The van der Waals surface area contributed by atoms with Gasteiger partial charge in [0.25, 0.3) is 0 Å². The zero-order valence-corrected chi connectivity index (χ0v) is 22.5. The SMILES string of the molecule is COc1ccc(F)c(-c2ccc(C3CCc4ccc(C(CC(=O)O)C5CC5)cc4O3)cc2C(OC)C2CC2)c1. The molecule has 6 rings (SSSR count). The minimum atomic E-state index is -0.758. The molecule has 2 fully saturated rings. The van der Waals surface area contributed by atoms with Crippen LogP contribution in [0.25, 0.3) is 11.1 Å². The molecule has 3 aliphatic rings. The van der Waals surface area contributed by atoms with Crippen LogP contribution in [0.3, 0.4) is 0 Å². The van der Waals surface area contributed by atoms with Gasteiger partial charge in [0, 0.05) is 12.7 Å². The van der Waals surface area contributed by atoms with E-state index in [-0.39, 0.29) is 30.4 Å². The van der Waals surface area contributed by atoms with Crippen molar-refractivity contribution in [3.05, 3.63) is 82.7 Å². The predicted molar refractivity (Wildman–Crippen MR) is 147 cm³/mol. The van der Waals surface area contributed by atoms with E-state index in [1.54, 1.807) is 26.4 Å². The molecule has 204 valence electrons. The Labute approximate surface area is 228 Å². The molecule has 0 spiro atoms. The molecule has 1 N–H and O–H groups in total. The lowest BCUT2D eigenvalue weighted by molar-refractivity contribution is -0.137. The molecule has 0 radical (unpaired) electrons. The van der Waals surface area contributed by atoms with Crippen LogP contribution >= 0.6 is 0 Å². The van der Waals surface area contributed by atoms with Gasteiger partial charge in [-0.05, 0) is 114 Å².